The van der Waals surface area contributed by atoms with E-state index in [0.29, 0.717) is 35.4 Å². The van der Waals surface area contributed by atoms with Crippen molar-refractivity contribution in [1.29, 1.82) is 0 Å². The Kier molecular flexibility index (Phi) is 7.55. The molecule has 8 heteroatoms. The number of rotatable bonds is 7. The fourth-order valence-electron chi connectivity index (χ4n) is 5.80. The Balaban J connectivity index is 2.24. The molecule has 8 nitrogen and oxygen atoms in total. The molecular weight excluding hydrogens is 434 g/mol. The lowest BCUT2D eigenvalue weighted by Crippen LogP contribution is -2.57. The van der Waals surface area contributed by atoms with Gasteiger partial charge in [0.25, 0.3) is 0 Å². The molecule has 2 unspecified atom stereocenters. The molecule has 186 valence electrons. The normalized spacial score (nSPS) is 22.4. The van der Waals surface area contributed by atoms with Gasteiger partial charge in [0.15, 0.2) is 23.0 Å². The summed E-state index contributed by atoms with van der Waals surface area (Å²) in [7, 11) is 6.86. The lowest BCUT2D eigenvalue weighted by molar-refractivity contribution is -0.120. The second-order valence-corrected chi connectivity index (χ2v) is 9.28. The average Bonchev–Trinajstić information content (AvgIpc) is 2.79. The van der Waals surface area contributed by atoms with Crippen LogP contribution in [0, 0.1) is 13.8 Å². The number of Topliss-reactive ketones (excluding diaryl/α,β-unsaturated/α-hetero) is 2. The summed E-state index contributed by atoms with van der Waals surface area (Å²) in [5, 5.41) is 11.3. The molecule has 0 saturated carbocycles. The highest BCUT2D eigenvalue weighted by atomic mass is 16.5. The third kappa shape index (κ3) is 3.93. The molecule has 3 atom stereocenters. The van der Waals surface area contributed by atoms with Gasteiger partial charge in [-0.25, -0.2) is 0 Å². The summed E-state index contributed by atoms with van der Waals surface area (Å²) < 4.78 is 10.8. The van der Waals surface area contributed by atoms with Gasteiger partial charge in [0, 0.05) is 34.9 Å². The summed E-state index contributed by atoms with van der Waals surface area (Å²) in [6.07, 6.45) is 0.358. The van der Waals surface area contributed by atoms with Gasteiger partial charge in [-0.2, -0.15) is 0 Å². The van der Waals surface area contributed by atoms with E-state index in [2.05, 4.69) is 4.90 Å². The Morgan fingerprint density at radius 2 is 1.79 bits per heavy atom. The van der Waals surface area contributed by atoms with Crippen LogP contribution in [0.15, 0.2) is 28.5 Å². The van der Waals surface area contributed by atoms with Crippen molar-refractivity contribution in [2.45, 2.75) is 52.2 Å². The molecule has 0 amide bonds. The molecular formula is C26H37N3O5. The molecule has 0 radical (unpaired) electrons. The van der Waals surface area contributed by atoms with Gasteiger partial charge in [-0.3, -0.25) is 14.5 Å². The van der Waals surface area contributed by atoms with Crippen molar-refractivity contribution in [3.63, 3.8) is 0 Å². The van der Waals surface area contributed by atoms with Gasteiger partial charge in [-0.05, 0) is 59.0 Å². The maximum atomic E-state index is 13.4. The predicted octanol–water partition coefficient (Wildman–Crippen LogP) is 2.41. The van der Waals surface area contributed by atoms with Crippen molar-refractivity contribution in [2.24, 2.45) is 5.73 Å². The van der Waals surface area contributed by atoms with E-state index in [9.17, 15) is 14.7 Å². The number of phenols is 1. The number of nitrogens with zero attached hydrogens (tertiary/aromatic N) is 2. The number of benzene rings is 1. The van der Waals surface area contributed by atoms with Crippen molar-refractivity contribution in [1.82, 2.24) is 9.80 Å². The molecule has 2 aliphatic rings. The van der Waals surface area contributed by atoms with E-state index in [1.165, 1.54) is 7.11 Å². The number of carbonyl (C=O) groups is 2. The van der Waals surface area contributed by atoms with Crippen molar-refractivity contribution < 1.29 is 24.2 Å². The molecule has 3 rings (SSSR count). The van der Waals surface area contributed by atoms with Crippen LogP contribution in [0.4, 0.5) is 0 Å². The molecule has 0 spiro atoms. The molecule has 1 heterocycles. The second-order valence-electron chi connectivity index (χ2n) is 9.28. The first-order valence-electron chi connectivity index (χ1n) is 11.6. The van der Waals surface area contributed by atoms with E-state index < -0.39 is 6.04 Å². The average molecular weight is 472 g/mol. The first kappa shape index (κ1) is 25.9. The van der Waals surface area contributed by atoms with Gasteiger partial charge >= 0.3 is 0 Å². The van der Waals surface area contributed by atoms with Crippen molar-refractivity contribution in [3.8, 4) is 11.5 Å². The van der Waals surface area contributed by atoms with Crippen LogP contribution in [0.2, 0.25) is 0 Å². The maximum Gasteiger partial charge on any atom is 0.225 e. The zero-order chi connectivity index (χ0) is 25.5. The quantitative estimate of drug-likeness (QED) is 0.584. The fraction of sp³-hybridized carbons (Fsp3) is 0.538. The topological polar surface area (TPSA) is 105 Å². The zero-order valence-corrected chi connectivity index (χ0v) is 21.5. The highest BCUT2D eigenvalue weighted by Crippen LogP contribution is 2.46. The number of aryl methyl sites for hydroxylation is 2. The third-order valence-electron chi connectivity index (χ3n) is 7.20. The highest BCUT2D eigenvalue weighted by molar-refractivity contribution is 6.25. The van der Waals surface area contributed by atoms with E-state index in [4.69, 9.17) is 15.2 Å². The summed E-state index contributed by atoms with van der Waals surface area (Å²) in [4.78, 5) is 31.0. The van der Waals surface area contributed by atoms with Crippen LogP contribution in [0.5, 0.6) is 11.5 Å². The number of aromatic hydroxyl groups is 1. The Bertz CT molecular complexity index is 1070. The third-order valence-corrected chi connectivity index (χ3v) is 7.20. The summed E-state index contributed by atoms with van der Waals surface area (Å²) >= 11 is 0. The second kappa shape index (κ2) is 9.90. The van der Waals surface area contributed by atoms with Crippen LogP contribution in [-0.4, -0.2) is 80.0 Å². The molecule has 0 aromatic heterocycles. The Morgan fingerprint density at radius 3 is 2.29 bits per heavy atom. The van der Waals surface area contributed by atoms with Gasteiger partial charge in [-0.1, -0.05) is 13.0 Å². The highest BCUT2D eigenvalue weighted by Gasteiger charge is 2.47. The van der Waals surface area contributed by atoms with Crippen LogP contribution in [0.25, 0.3) is 0 Å². The Morgan fingerprint density at radius 1 is 1.15 bits per heavy atom. The lowest BCUT2D eigenvalue weighted by atomic mass is 9.75. The van der Waals surface area contributed by atoms with Crippen LogP contribution in [0.3, 0.4) is 0 Å². The number of ketones is 2. The van der Waals surface area contributed by atoms with Crippen LogP contribution >= 0.6 is 0 Å². The number of carbonyl (C=O) groups excluding carboxylic acids is 2. The predicted molar refractivity (Wildman–Crippen MR) is 131 cm³/mol. The molecule has 1 aliphatic heterocycles. The molecule has 3 N–H and O–H groups in total. The summed E-state index contributed by atoms with van der Waals surface area (Å²) in [5.41, 5.74) is 10.0. The minimum atomic E-state index is -0.439. The minimum Gasteiger partial charge on any atom is -0.504 e. The number of likely N-dealkylation sites (N-methyl/N-ethyl adjacent to an activating group) is 2. The fourth-order valence-corrected chi connectivity index (χ4v) is 5.80. The first-order chi connectivity index (χ1) is 16.0. The Hall–Kier alpha value is -2.68. The van der Waals surface area contributed by atoms with Gasteiger partial charge < -0.3 is 25.2 Å². The molecule has 1 aromatic carbocycles. The molecule has 0 bridgehead atoms. The molecule has 1 aliphatic carbocycles. The SMILES string of the molecule is CCN1C(CN)C2=C(CC1[C@@H](c1c(C)cc(C)c(OC)c1O)N(C)C)C(=O)C(C)=C(OC)C2=O. The summed E-state index contributed by atoms with van der Waals surface area (Å²) in [6, 6.07) is 1.07. The number of allylic oxidation sites excluding steroid dienone is 2. The van der Waals surface area contributed by atoms with Gasteiger partial charge in [-0.15, -0.1) is 0 Å². The molecule has 0 fully saturated rings. The van der Waals surface area contributed by atoms with Crippen LogP contribution in [0.1, 0.15) is 43.0 Å². The number of nitrogens with two attached hydrogens (primary N) is 1. The van der Waals surface area contributed by atoms with E-state index in [1.54, 1.807) is 14.0 Å². The molecule has 34 heavy (non-hydrogen) atoms. The number of phenolic OH excluding ortho intramolecular Hbond substituents is 1. The van der Waals surface area contributed by atoms with Gasteiger partial charge in [0.05, 0.1) is 26.3 Å². The molecule has 1 aromatic rings. The van der Waals surface area contributed by atoms with E-state index in [-0.39, 0.29) is 41.7 Å². The van der Waals surface area contributed by atoms with Crippen LogP contribution in [-0.2, 0) is 14.3 Å². The van der Waals surface area contributed by atoms with Crippen molar-refractivity contribution in [2.75, 3.05) is 41.4 Å². The van der Waals surface area contributed by atoms with Crippen LogP contribution < -0.4 is 10.5 Å². The van der Waals surface area contributed by atoms with Crippen molar-refractivity contribution in [3.05, 3.63) is 45.2 Å². The Labute approximate surface area is 202 Å². The summed E-state index contributed by atoms with van der Waals surface area (Å²) in [5.74, 6) is 0.194. The lowest BCUT2D eigenvalue weighted by Gasteiger charge is -2.48. The standard InChI is InChI=1S/C26H37N3O5/c1-9-29-17(21(28(5)6)19-13(2)10-14(3)25(33-7)23(19)31)11-16-20(18(29)12-27)24(32)26(34-8)15(4)22(16)30/h10,17-18,21,31H,9,11-12,27H2,1-8H3/t17?,18?,21-/m0/s1. The number of hydrogen-bond acceptors (Lipinski definition) is 8. The first-order valence-corrected chi connectivity index (χ1v) is 11.6. The van der Waals surface area contributed by atoms with E-state index in [1.807, 2.05) is 45.8 Å². The number of ether oxygens (including phenoxy) is 2. The smallest absolute Gasteiger partial charge is 0.225 e. The van der Waals surface area contributed by atoms with Crippen molar-refractivity contribution >= 4 is 11.6 Å². The largest absolute Gasteiger partial charge is 0.504 e. The van der Waals surface area contributed by atoms with Gasteiger partial charge in [0.1, 0.15) is 0 Å². The number of methoxy groups -OCH3 is 2. The van der Waals surface area contributed by atoms with Gasteiger partial charge in [0.2, 0.25) is 5.78 Å². The molecule has 0 saturated heterocycles. The maximum absolute atomic E-state index is 13.4. The summed E-state index contributed by atoms with van der Waals surface area (Å²) in [6.45, 7) is 8.31. The minimum absolute atomic E-state index is 0.0950. The zero-order valence-electron chi connectivity index (χ0n) is 21.5. The number of hydrogen-bond donors (Lipinski definition) is 2. The van der Waals surface area contributed by atoms with E-state index >= 15 is 0 Å². The van der Waals surface area contributed by atoms with E-state index in [0.717, 1.165) is 16.7 Å². The monoisotopic (exact) mass is 471 g/mol.